The number of halogens is 2. The molecular formula is C17H17F2N3O2S. The van der Waals surface area contributed by atoms with Gasteiger partial charge in [-0.2, -0.15) is 8.78 Å². The third-order valence-electron chi connectivity index (χ3n) is 3.26. The van der Waals surface area contributed by atoms with Crippen molar-refractivity contribution in [3.8, 4) is 0 Å². The van der Waals surface area contributed by atoms with E-state index in [0.717, 1.165) is 5.69 Å². The fourth-order valence-corrected chi connectivity index (χ4v) is 2.47. The highest BCUT2D eigenvalue weighted by molar-refractivity contribution is 7.99. The molecule has 0 aliphatic rings. The topological polar surface area (TPSA) is 61.4 Å². The standard InChI is InChI=1S/C17H17F2N3O2S/c1-22(2)13-5-3-4-12(10-13)16(24)21-20-15(23)11-6-8-14(9-7-11)25-17(18)19/h3-10,17H,1-2H3,(H,20,23)(H,21,24). The molecule has 2 aromatic rings. The van der Waals surface area contributed by atoms with E-state index in [2.05, 4.69) is 10.9 Å². The molecule has 0 spiro atoms. The fraction of sp³-hybridized carbons (Fsp3) is 0.176. The summed E-state index contributed by atoms with van der Waals surface area (Å²) < 4.78 is 24.5. The molecule has 0 aliphatic carbocycles. The first-order valence-corrected chi connectivity index (χ1v) is 8.17. The van der Waals surface area contributed by atoms with Crippen LogP contribution in [0.5, 0.6) is 0 Å². The van der Waals surface area contributed by atoms with E-state index >= 15 is 0 Å². The summed E-state index contributed by atoms with van der Waals surface area (Å²) in [5.74, 6) is -3.51. The Morgan fingerprint density at radius 1 is 0.960 bits per heavy atom. The predicted octanol–water partition coefficient (Wildman–Crippen LogP) is 3.14. The van der Waals surface area contributed by atoms with Gasteiger partial charge in [0.1, 0.15) is 0 Å². The van der Waals surface area contributed by atoms with Crippen molar-refractivity contribution in [1.29, 1.82) is 0 Å². The van der Waals surface area contributed by atoms with Crippen LogP contribution in [0.1, 0.15) is 20.7 Å². The maximum absolute atomic E-state index is 12.3. The van der Waals surface area contributed by atoms with Crippen LogP contribution in [0.15, 0.2) is 53.4 Å². The van der Waals surface area contributed by atoms with Crippen LogP contribution in [0.4, 0.5) is 14.5 Å². The van der Waals surface area contributed by atoms with E-state index < -0.39 is 17.6 Å². The van der Waals surface area contributed by atoms with Crippen molar-refractivity contribution in [2.24, 2.45) is 0 Å². The van der Waals surface area contributed by atoms with E-state index in [4.69, 9.17) is 0 Å². The van der Waals surface area contributed by atoms with Gasteiger partial charge < -0.3 is 4.90 Å². The Morgan fingerprint density at radius 3 is 2.12 bits per heavy atom. The zero-order chi connectivity index (χ0) is 18.4. The van der Waals surface area contributed by atoms with Crippen LogP contribution in [0.3, 0.4) is 0 Å². The number of carbonyl (C=O) groups excluding carboxylic acids is 2. The lowest BCUT2D eigenvalue weighted by molar-refractivity contribution is 0.0846. The molecule has 132 valence electrons. The molecule has 25 heavy (non-hydrogen) atoms. The van der Waals surface area contributed by atoms with Gasteiger partial charge in [-0.25, -0.2) is 0 Å². The van der Waals surface area contributed by atoms with Gasteiger partial charge in [0.25, 0.3) is 17.6 Å². The predicted molar refractivity (Wildman–Crippen MR) is 94.0 cm³/mol. The minimum Gasteiger partial charge on any atom is -0.378 e. The minimum atomic E-state index is -2.52. The Bertz CT molecular complexity index is 752. The smallest absolute Gasteiger partial charge is 0.288 e. The summed E-state index contributed by atoms with van der Waals surface area (Å²) in [6.45, 7) is 0. The molecule has 0 saturated carbocycles. The fourth-order valence-electron chi connectivity index (χ4n) is 1.97. The van der Waals surface area contributed by atoms with E-state index in [0.29, 0.717) is 22.2 Å². The Labute approximate surface area is 148 Å². The second-order valence-corrected chi connectivity index (χ2v) is 6.32. The monoisotopic (exact) mass is 365 g/mol. The molecule has 0 atom stereocenters. The molecule has 0 saturated heterocycles. The van der Waals surface area contributed by atoms with Crippen molar-refractivity contribution < 1.29 is 18.4 Å². The van der Waals surface area contributed by atoms with Crippen molar-refractivity contribution in [1.82, 2.24) is 10.9 Å². The molecule has 0 bridgehead atoms. The Hall–Kier alpha value is -2.61. The van der Waals surface area contributed by atoms with Crippen LogP contribution in [0.25, 0.3) is 0 Å². The second-order valence-electron chi connectivity index (χ2n) is 5.26. The van der Waals surface area contributed by atoms with E-state index in [1.165, 1.54) is 24.3 Å². The van der Waals surface area contributed by atoms with Gasteiger partial charge in [0, 0.05) is 35.8 Å². The largest absolute Gasteiger partial charge is 0.378 e. The van der Waals surface area contributed by atoms with Crippen LogP contribution in [-0.4, -0.2) is 31.7 Å². The number of rotatable bonds is 5. The zero-order valence-electron chi connectivity index (χ0n) is 13.6. The first-order chi connectivity index (χ1) is 11.9. The number of hydrazine groups is 1. The quantitative estimate of drug-likeness (QED) is 0.631. The van der Waals surface area contributed by atoms with Gasteiger partial charge in [-0.3, -0.25) is 20.4 Å². The molecule has 2 aromatic carbocycles. The molecule has 8 heteroatoms. The maximum atomic E-state index is 12.3. The van der Waals surface area contributed by atoms with Crippen LogP contribution in [0, 0.1) is 0 Å². The van der Waals surface area contributed by atoms with Crippen LogP contribution in [0.2, 0.25) is 0 Å². The van der Waals surface area contributed by atoms with Crippen molar-refractivity contribution in [2.75, 3.05) is 19.0 Å². The van der Waals surface area contributed by atoms with E-state index in [1.807, 2.05) is 25.1 Å². The highest BCUT2D eigenvalue weighted by Crippen LogP contribution is 2.25. The molecular weight excluding hydrogens is 348 g/mol. The lowest BCUT2D eigenvalue weighted by Crippen LogP contribution is -2.41. The number of amides is 2. The van der Waals surface area contributed by atoms with Crippen molar-refractivity contribution >= 4 is 29.3 Å². The number of nitrogens with zero attached hydrogens (tertiary/aromatic N) is 1. The van der Waals surface area contributed by atoms with Gasteiger partial charge in [-0.05, 0) is 42.5 Å². The number of anilines is 1. The number of carbonyl (C=O) groups is 2. The maximum Gasteiger partial charge on any atom is 0.288 e. The van der Waals surface area contributed by atoms with Crippen LogP contribution < -0.4 is 15.8 Å². The highest BCUT2D eigenvalue weighted by Gasteiger charge is 2.11. The third kappa shape index (κ3) is 5.46. The minimum absolute atomic E-state index is 0.251. The van der Waals surface area contributed by atoms with E-state index in [-0.39, 0.29) is 5.56 Å². The summed E-state index contributed by atoms with van der Waals surface area (Å²) in [5, 5.41) is 0. The number of benzene rings is 2. The molecule has 0 fully saturated rings. The summed E-state index contributed by atoms with van der Waals surface area (Å²) in [6.07, 6.45) is 0. The molecule has 5 nitrogen and oxygen atoms in total. The zero-order valence-corrected chi connectivity index (χ0v) is 14.4. The number of alkyl halides is 2. The molecule has 2 rings (SSSR count). The average molecular weight is 365 g/mol. The van der Waals surface area contributed by atoms with Gasteiger partial charge >= 0.3 is 0 Å². The van der Waals surface area contributed by atoms with Gasteiger partial charge in [0.2, 0.25) is 0 Å². The van der Waals surface area contributed by atoms with Crippen LogP contribution in [-0.2, 0) is 0 Å². The van der Waals surface area contributed by atoms with Gasteiger partial charge in [-0.15, -0.1) is 0 Å². The lowest BCUT2D eigenvalue weighted by atomic mass is 10.2. The summed E-state index contributed by atoms with van der Waals surface area (Å²) in [4.78, 5) is 26.3. The van der Waals surface area contributed by atoms with Gasteiger partial charge in [0.05, 0.1) is 0 Å². The molecule has 0 aliphatic heterocycles. The van der Waals surface area contributed by atoms with Crippen molar-refractivity contribution in [3.05, 3.63) is 59.7 Å². The van der Waals surface area contributed by atoms with Gasteiger partial charge in [-0.1, -0.05) is 17.8 Å². The number of hydrogen-bond acceptors (Lipinski definition) is 4. The second kappa shape index (κ2) is 8.48. The first kappa shape index (κ1) is 18.7. The van der Waals surface area contributed by atoms with Crippen LogP contribution >= 0.6 is 11.8 Å². The van der Waals surface area contributed by atoms with E-state index in [1.54, 1.807) is 18.2 Å². The molecule has 0 heterocycles. The molecule has 0 radical (unpaired) electrons. The third-order valence-corrected chi connectivity index (χ3v) is 3.98. The lowest BCUT2D eigenvalue weighted by Gasteiger charge is -2.13. The number of nitrogens with one attached hydrogen (secondary N) is 2. The molecule has 2 amide bonds. The normalized spacial score (nSPS) is 10.4. The van der Waals surface area contributed by atoms with Gasteiger partial charge in [0.15, 0.2) is 0 Å². The molecule has 0 aromatic heterocycles. The Kier molecular flexibility index (Phi) is 6.35. The van der Waals surface area contributed by atoms with E-state index in [9.17, 15) is 18.4 Å². The summed E-state index contributed by atoms with van der Waals surface area (Å²) in [6, 6.07) is 12.6. The molecule has 0 unspecified atom stereocenters. The Morgan fingerprint density at radius 2 is 1.56 bits per heavy atom. The summed E-state index contributed by atoms with van der Waals surface area (Å²) >= 11 is 0.399. The van der Waals surface area contributed by atoms with Crippen molar-refractivity contribution in [3.63, 3.8) is 0 Å². The first-order valence-electron chi connectivity index (χ1n) is 7.30. The average Bonchev–Trinajstić information content (AvgIpc) is 2.59. The Balaban J connectivity index is 1.95. The number of hydrogen-bond donors (Lipinski definition) is 2. The summed E-state index contributed by atoms with van der Waals surface area (Å²) in [7, 11) is 3.71. The summed E-state index contributed by atoms with van der Waals surface area (Å²) in [5.41, 5.74) is 6.13. The molecule has 2 N–H and O–H groups in total. The SMILES string of the molecule is CN(C)c1cccc(C(=O)NNC(=O)c2ccc(SC(F)F)cc2)c1. The van der Waals surface area contributed by atoms with Crippen molar-refractivity contribution in [2.45, 2.75) is 10.7 Å². The number of thioether (sulfide) groups is 1. The highest BCUT2D eigenvalue weighted by atomic mass is 32.2.